The van der Waals surface area contributed by atoms with Gasteiger partial charge in [-0.2, -0.15) is 0 Å². The van der Waals surface area contributed by atoms with Gasteiger partial charge in [-0.05, 0) is 35.9 Å². The van der Waals surface area contributed by atoms with Crippen LogP contribution < -0.4 is 0 Å². The van der Waals surface area contributed by atoms with Gasteiger partial charge in [-0.1, -0.05) is 70.5 Å². The Hall–Kier alpha value is -2.56. The Balaban J connectivity index is 1.87. The molecule has 0 amide bonds. The summed E-state index contributed by atoms with van der Waals surface area (Å²) in [6.45, 7) is 0. The minimum absolute atomic E-state index is 0.0235. The van der Waals surface area contributed by atoms with E-state index in [4.69, 9.17) is 4.98 Å². The van der Waals surface area contributed by atoms with E-state index in [1.807, 2.05) is 84.9 Å². The van der Waals surface area contributed by atoms with Crippen LogP contribution in [-0.2, 0) is 0 Å². The molecule has 1 heterocycles. The SMILES string of the molecule is O=C(/C(=C/c1cccc(Br)c1)c1nc2ccccc2s1)c1ccccc1. The monoisotopic (exact) mass is 419 g/mol. The lowest BCUT2D eigenvalue weighted by Gasteiger charge is -2.05. The second kappa shape index (κ2) is 7.36. The Kier molecular flexibility index (Phi) is 4.78. The average molecular weight is 420 g/mol. The van der Waals surface area contributed by atoms with Gasteiger partial charge in [0.2, 0.25) is 0 Å². The largest absolute Gasteiger partial charge is 0.288 e. The molecule has 2 nitrogen and oxygen atoms in total. The summed E-state index contributed by atoms with van der Waals surface area (Å²) in [6.07, 6.45) is 1.91. The van der Waals surface area contributed by atoms with Gasteiger partial charge in [-0.25, -0.2) is 4.98 Å². The second-order valence-electron chi connectivity index (χ2n) is 5.79. The third kappa shape index (κ3) is 3.52. The fourth-order valence-electron chi connectivity index (χ4n) is 2.72. The molecule has 0 spiro atoms. The second-order valence-corrected chi connectivity index (χ2v) is 7.74. The number of Topliss-reactive ketones (excluding diaryl/α,β-unsaturated/α-hetero) is 1. The van der Waals surface area contributed by atoms with Crippen molar-refractivity contribution in [2.24, 2.45) is 0 Å². The molecule has 1 aromatic heterocycles. The van der Waals surface area contributed by atoms with Gasteiger partial charge < -0.3 is 0 Å². The first-order valence-corrected chi connectivity index (χ1v) is 9.74. The number of aromatic nitrogens is 1. The molecule has 3 aromatic carbocycles. The Labute approximate surface area is 164 Å². The Morgan fingerprint density at radius 3 is 2.46 bits per heavy atom. The molecule has 4 aromatic rings. The van der Waals surface area contributed by atoms with Gasteiger partial charge in [0, 0.05) is 10.0 Å². The lowest BCUT2D eigenvalue weighted by atomic mass is 10.0. The van der Waals surface area contributed by atoms with Crippen LogP contribution in [0.3, 0.4) is 0 Å². The van der Waals surface area contributed by atoms with Crippen LogP contribution in [0.4, 0.5) is 0 Å². The van der Waals surface area contributed by atoms with Crippen molar-refractivity contribution >= 4 is 54.9 Å². The van der Waals surface area contributed by atoms with Crippen molar-refractivity contribution in [3.05, 3.63) is 99.5 Å². The number of hydrogen-bond acceptors (Lipinski definition) is 3. The predicted octanol–water partition coefficient (Wildman–Crippen LogP) is 6.48. The van der Waals surface area contributed by atoms with Crippen molar-refractivity contribution in [3.63, 3.8) is 0 Å². The number of halogens is 1. The van der Waals surface area contributed by atoms with E-state index in [2.05, 4.69) is 15.9 Å². The average Bonchev–Trinajstić information content (AvgIpc) is 3.10. The summed E-state index contributed by atoms with van der Waals surface area (Å²) in [6, 6.07) is 25.2. The molecule has 0 N–H and O–H groups in total. The lowest BCUT2D eigenvalue weighted by molar-refractivity contribution is 0.105. The summed E-state index contributed by atoms with van der Waals surface area (Å²) in [7, 11) is 0. The Bertz CT molecular complexity index is 1080. The highest BCUT2D eigenvalue weighted by Gasteiger charge is 2.18. The van der Waals surface area contributed by atoms with Crippen LogP contribution in [0.25, 0.3) is 21.9 Å². The first-order valence-electron chi connectivity index (χ1n) is 8.14. The molecule has 4 heteroatoms. The summed E-state index contributed by atoms with van der Waals surface area (Å²) >= 11 is 5.03. The zero-order valence-electron chi connectivity index (χ0n) is 13.7. The molecule has 0 unspecified atom stereocenters. The molecule has 26 heavy (non-hydrogen) atoms. The topological polar surface area (TPSA) is 30.0 Å². The van der Waals surface area contributed by atoms with E-state index in [1.165, 1.54) is 11.3 Å². The van der Waals surface area contributed by atoms with E-state index < -0.39 is 0 Å². The molecule has 0 saturated carbocycles. The molecule has 0 fully saturated rings. The smallest absolute Gasteiger partial charge is 0.196 e. The van der Waals surface area contributed by atoms with Gasteiger partial charge in [0.25, 0.3) is 0 Å². The quantitative estimate of drug-likeness (QED) is 0.279. The molecule has 0 atom stereocenters. The van der Waals surface area contributed by atoms with Crippen LogP contribution >= 0.6 is 27.3 Å². The van der Waals surface area contributed by atoms with Gasteiger partial charge in [0.1, 0.15) is 5.01 Å². The van der Waals surface area contributed by atoms with Crippen LogP contribution in [0.1, 0.15) is 20.9 Å². The van der Waals surface area contributed by atoms with Gasteiger partial charge in [-0.3, -0.25) is 4.79 Å². The van der Waals surface area contributed by atoms with Gasteiger partial charge in [-0.15, -0.1) is 11.3 Å². The number of thiazole rings is 1. The molecule has 0 bridgehead atoms. The number of benzene rings is 3. The minimum Gasteiger partial charge on any atom is -0.288 e. The third-order valence-corrected chi connectivity index (χ3v) is 5.53. The molecular weight excluding hydrogens is 406 g/mol. The third-order valence-electron chi connectivity index (χ3n) is 3.96. The van der Waals surface area contributed by atoms with Crippen LogP contribution in [0.15, 0.2) is 83.3 Å². The van der Waals surface area contributed by atoms with Crippen LogP contribution in [-0.4, -0.2) is 10.8 Å². The molecule has 0 aliphatic carbocycles. The summed E-state index contributed by atoms with van der Waals surface area (Å²) in [5, 5.41) is 0.736. The van der Waals surface area contributed by atoms with E-state index in [0.29, 0.717) is 11.1 Å². The van der Waals surface area contributed by atoms with Crippen molar-refractivity contribution < 1.29 is 4.79 Å². The van der Waals surface area contributed by atoms with Crippen LogP contribution in [0.5, 0.6) is 0 Å². The summed E-state index contributed by atoms with van der Waals surface area (Å²) in [4.78, 5) is 17.9. The maximum Gasteiger partial charge on any atom is 0.196 e. The molecule has 0 saturated heterocycles. The van der Waals surface area contributed by atoms with E-state index >= 15 is 0 Å². The number of carbonyl (C=O) groups excluding carboxylic acids is 1. The maximum atomic E-state index is 13.2. The van der Waals surface area contributed by atoms with Gasteiger partial charge in [0.05, 0.1) is 15.8 Å². The van der Waals surface area contributed by atoms with E-state index in [0.717, 1.165) is 25.3 Å². The van der Waals surface area contributed by atoms with Gasteiger partial charge in [0.15, 0.2) is 5.78 Å². The van der Waals surface area contributed by atoms with E-state index in [1.54, 1.807) is 0 Å². The molecule has 126 valence electrons. The number of fused-ring (bicyclic) bond motifs is 1. The number of allylic oxidation sites excluding steroid dienone is 1. The summed E-state index contributed by atoms with van der Waals surface area (Å²) < 4.78 is 2.05. The lowest BCUT2D eigenvalue weighted by Crippen LogP contribution is -2.02. The van der Waals surface area contributed by atoms with Crippen molar-refractivity contribution in [1.29, 1.82) is 0 Å². The van der Waals surface area contributed by atoms with E-state index in [9.17, 15) is 4.79 Å². The molecule has 4 rings (SSSR count). The standard InChI is InChI=1S/C22H14BrNOS/c23-17-10-6-7-15(13-17)14-18(21(25)16-8-2-1-3-9-16)22-24-19-11-4-5-12-20(19)26-22/h1-14H/b18-14-. The zero-order valence-corrected chi connectivity index (χ0v) is 16.1. The summed E-state index contributed by atoms with van der Waals surface area (Å²) in [5.74, 6) is -0.0235. The van der Waals surface area contributed by atoms with Crippen molar-refractivity contribution in [3.8, 4) is 0 Å². The van der Waals surface area contributed by atoms with Crippen molar-refractivity contribution in [2.45, 2.75) is 0 Å². The predicted molar refractivity (Wildman–Crippen MR) is 112 cm³/mol. The number of hydrogen-bond donors (Lipinski definition) is 0. The molecule has 0 aliphatic rings. The Morgan fingerprint density at radius 1 is 0.923 bits per heavy atom. The number of nitrogens with zero attached hydrogens (tertiary/aromatic N) is 1. The first-order chi connectivity index (χ1) is 12.7. The van der Waals surface area contributed by atoms with Crippen LogP contribution in [0, 0.1) is 0 Å². The highest BCUT2D eigenvalue weighted by Crippen LogP contribution is 2.31. The summed E-state index contributed by atoms with van der Waals surface area (Å²) in [5.41, 5.74) is 3.13. The fraction of sp³-hybridized carbons (Fsp3) is 0. The van der Waals surface area contributed by atoms with Gasteiger partial charge >= 0.3 is 0 Å². The number of para-hydroxylation sites is 1. The zero-order chi connectivity index (χ0) is 17.9. The number of ketones is 1. The highest BCUT2D eigenvalue weighted by molar-refractivity contribution is 9.10. The number of carbonyl (C=O) groups is 1. The molecule has 0 radical (unpaired) electrons. The highest BCUT2D eigenvalue weighted by atomic mass is 79.9. The van der Waals surface area contributed by atoms with Crippen LogP contribution in [0.2, 0.25) is 0 Å². The van der Waals surface area contributed by atoms with E-state index in [-0.39, 0.29) is 5.78 Å². The normalized spacial score (nSPS) is 11.7. The number of rotatable bonds is 4. The first kappa shape index (κ1) is 16.9. The van der Waals surface area contributed by atoms with Crippen molar-refractivity contribution in [2.75, 3.05) is 0 Å². The minimum atomic E-state index is -0.0235. The van der Waals surface area contributed by atoms with Crippen molar-refractivity contribution in [1.82, 2.24) is 4.98 Å². The maximum absolute atomic E-state index is 13.2. The molecule has 0 aliphatic heterocycles. The molecular formula is C22H14BrNOS. The fourth-order valence-corrected chi connectivity index (χ4v) is 4.12. The Morgan fingerprint density at radius 2 is 1.69 bits per heavy atom.